The number of piperidine rings is 3. The first-order chi connectivity index (χ1) is 26.3. The smallest absolute Gasteiger partial charge is 0.410 e. The fourth-order valence-corrected chi connectivity index (χ4v) is 7.35. The lowest BCUT2D eigenvalue weighted by Crippen LogP contribution is -2.55. The number of alkyl halides is 1. The third-order valence-electron chi connectivity index (χ3n) is 10.0. The van der Waals surface area contributed by atoms with Crippen LogP contribution in [0.5, 0.6) is 0 Å². The van der Waals surface area contributed by atoms with Crippen molar-refractivity contribution in [3.63, 3.8) is 0 Å². The summed E-state index contributed by atoms with van der Waals surface area (Å²) in [6, 6.07) is 20.7. The average molecular weight is 880 g/mol. The number of aliphatic hydroxyl groups is 6. The Bertz CT molecular complexity index is 1660. The van der Waals surface area contributed by atoms with E-state index in [1.54, 1.807) is 93.6 Å². The van der Waals surface area contributed by atoms with Gasteiger partial charge >= 0.3 is 6.09 Å². The molecule has 3 aromatic carbocycles. The molecule has 3 aliphatic rings. The van der Waals surface area contributed by atoms with Gasteiger partial charge < -0.3 is 45.6 Å². The standard InChI is InChI=1S/C16H22ClNO4.C12H17ClNO2P.C11H14ClNO2.CH3Cl/c1-15(2,3)22-14(20)18-9-8-16(21,13(19)10-18)11-4-6-12(17)7-5-11;13-10-3-1-9(2-4-10)12(16)5-6-14(8-17)7-11(12)15;12-9-3-1-8(2-4-9)11(15)5-6-13-7-10(11)14;1-2/h4-7,13,19,21H,8-10H2,1-3H3;1-4,11,15-16H,5-8,17H2;1-4,10,13-15H,5-7H2;1H3/t13-,16-;11-,12-;10-,11-;/m111./s1. The van der Waals surface area contributed by atoms with Gasteiger partial charge in [0.1, 0.15) is 28.5 Å². The van der Waals surface area contributed by atoms with Crippen LogP contribution in [0.2, 0.25) is 15.1 Å². The molecule has 1 unspecified atom stereocenters. The van der Waals surface area contributed by atoms with E-state index in [1.165, 1.54) is 11.3 Å². The molecule has 1 amide bonds. The van der Waals surface area contributed by atoms with Gasteiger partial charge in [-0.25, -0.2) is 4.79 Å². The van der Waals surface area contributed by atoms with Crippen molar-refractivity contribution in [2.45, 2.75) is 80.7 Å². The van der Waals surface area contributed by atoms with Gasteiger partial charge in [-0.2, -0.15) is 0 Å². The molecule has 0 bridgehead atoms. The summed E-state index contributed by atoms with van der Waals surface area (Å²) in [6.07, 6.45) is 0.452. The van der Waals surface area contributed by atoms with Gasteiger partial charge in [-0.1, -0.05) is 71.2 Å². The number of ether oxygens (including phenoxy) is 1. The molecule has 0 spiro atoms. The number of halogens is 4. The minimum atomic E-state index is -1.39. The average Bonchev–Trinajstić information content (AvgIpc) is 3.16. The molecule has 7 atom stereocenters. The van der Waals surface area contributed by atoms with Crippen LogP contribution in [0.25, 0.3) is 0 Å². The fraction of sp³-hybridized carbons (Fsp3) is 0.525. The van der Waals surface area contributed by atoms with Crippen molar-refractivity contribution in [3.8, 4) is 0 Å². The minimum Gasteiger partial charge on any atom is -0.444 e. The van der Waals surface area contributed by atoms with E-state index in [1.807, 2.05) is 0 Å². The molecule has 0 radical (unpaired) electrons. The molecule has 7 N–H and O–H groups in total. The van der Waals surface area contributed by atoms with Crippen molar-refractivity contribution in [1.29, 1.82) is 0 Å². The van der Waals surface area contributed by atoms with Crippen molar-refractivity contribution in [1.82, 2.24) is 15.1 Å². The first-order valence-corrected chi connectivity index (χ1v) is 21.0. The number of hydrogen-bond acceptors (Lipinski definition) is 10. The van der Waals surface area contributed by atoms with Gasteiger partial charge in [-0.05, 0) is 93.2 Å². The predicted octanol–water partition coefficient (Wildman–Crippen LogP) is 5.69. The number of likely N-dealkylation sites (tertiary alicyclic amines) is 2. The molecule has 312 valence electrons. The summed E-state index contributed by atoms with van der Waals surface area (Å²) in [6.45, 7) is 8.08. The molecular weight excluding hydrogens is 823 g/mol. The number of β-amino-alcohol motifs (C(OH)–C–C–N with tert-alkyl or cyclic N) is 3. The van der Waals surface area contributed by atoms with E-state index in [-0.39, 0.29) is 13.0 Å². The molecule has 6 rings (SSSR count). The Morgan fingerprint density at radius 2 is 1.11 bits per heavy atom. The number of nitrogens with one attached hydrogen (secondary N) is 1. The van der Waals surface area contributed by atoms with E-state index in [4.69, 9.17) is 39.5 Å². The molecule has 56 heavy (non-hydrogen) atoms. The Labute approximate surface area is 352 Å². The van der Waals surface area contributed by atoms with E-state index >= 15 is 0 Å². The van der Waals surface area contributed by atoms with Crippen LogP contribution < -0.4 is 5.32 Å². The highest BCUT2D eigenvalue weighted by Gasteiger charge is 2.44. The molecule has 0 aromatic heterocycles. The zero-order valence-electron chi connectivity index (χ0n) is 32.2. The Kier molecular flexibility index (Phi) is 18.6. The molecule has 3 saturated heterocycles. The first-order valence-electron chi connectivity index (χ1n) is 18.3. The molecular formula is C40H56Cl4N3O8P. The Morgan fingerprint density at radius 1 is 0.714 bits per heavy atom. The summed E-state index contributed by atoms with van der Waals surface area (Å²) in [5.41, 5.74) is -2.22. The number of rotatable bonds is 4. The first kappa shape index (κ1) is 48.6. The van der Waals surface area contributed by atoms with Crippen LogP contribution in [0.1, 0.15) is 56.7 Å². The molecule has 0 aliphatic carbocycles. The largest absolute Gasteiger partial charge is 0.444 e. The molecule has 11 nitrogen and oxygen atoms in total. The summed E-state index contributed by atoms with van der Waals surface area (Å²) < 4.78 is 5.29. The number of amides is 1. The van der Waals surface area contributed by atoms with Gasteiger partial charge in [-0.15, -0.1) is 20.8 Å². The number of hydrogen-bond donors (Lipinski definition) is 7. The van der Waals surface area contributed by atoms with Crippen LogP contribution >= 0.6 is 55.6 Å². The third kappa shape index (κ3) is 12.8. The van der Waals surface area contributed by atoms with E-state index in [9.17, 15) is 35.4 Å². The number of carbonyl (C=O) groups excluding carboxylic acids is 1. The van der Waals surface area contributed by atoms with E-state index in [2.05, 4.69) is 31.1 Å². The SMILES string of the molecule is CC(C)(C)OC(=O)N1CC[C@@](O)(c2ccc(Cl)cc2)[C@H](O)C1.CCl.O[C@@H]1CN(CP)CC[C@@]1(O)c1ccc(Cl)cc1.O[C@@H]1CNCC[C@@]1(O)c1ccc(Cl)cc1. The molecule has 3 aliphatic heterocycles. The molecule has 0 saturated carbocycles. The van der Waals surface area contributed by atoms with Crippen molar-refractivity contribution in [2.24, 2.45) is 0 Å². The minimum absolute atomic E-state index is 0.0219. The second kappa shape index (κ2) is 21.5. The van der Waals surface area contributed by atoms with E-state index < -0.39 is 46.8 Å². The van der Waals surface area contributed by atoms with Crippen LogP contribution in [0, 0.1) is 0 Å². The summed E-state index contributed by atoms with van der Waals surface area (Å²) in [4.78, 5) is 15.6. The van der Waals surface area contributed by atoms with Gasteiger partial charge in [0.15, 0.2) is 0 Å². The van der Waals surface area contributed by atoms with Crippen LogP contribution in [-0.4, -0.2) is 122 Å². The summed E-state index contributed by atoms with van der Waals surface area (Å²) in [5.74, 6) is 0. The zero-order valence-corrected chi connectivity index (χ0v) is 36.4. The van der Waals surface area contributed by atoms with Gasteiger partial charge in [0, 0.05) is 60.3 Å². The summed E-state index contributed by atoms with van der Waals surface area (Å²) in [5, 5.41) is 66.8. The van der Waals surface area contributed by atoms with Crippen LogP contribution in [-0.2, 0) is 21.5 Å². The topological polar surface area (TPSA) is 166 Å². The van der Waals surface area contributed by atoms with Crippen LogP contribution in [0.4, 0.5) is 4.79 Å². The third-order valence-corrected chi connectivity index (χ3v) is 11.3. The van der Waals surface area contributed by atoms with Gasteiger partial charge in [0.25, 0.3) is 0 Å². The second-order valence-corrected chi connectivity index (χ2v) is 16.7. The summed E-state index contributed by atoms with van der Waals surface area (Å²) >= 11 is 22.1. The van der Waals surface area contributed by atoms with Crippen molar-refractivity contribution in [2.75, 3.05) is 51.9 Å². The monoisotopic (exact) mass is 877 g/mol. The van der Waals surface area contributed by atoms with Crippen molar-refractivity contribution >= 4 is 61.7 Å². The lowest BCUT2D eigenvalue weighted by Gasteiger charge is -2.42. The molecule has 3 aromatic rings. The highest BCUT2D eigenvalue weighted by molar-refractivity contribution is 7.16. The Hall–Kier alpha value is -1.80. The normalized spacial score (nSPS) is 28.0. The zero-order chi connectivity index (χ0) is 41.9. The number of carbonyl (C=O) groups is 1. The second-order valence-electron chi connectivity index (χ2n) is 15.0. The predicted molar refractivity (Wildman–Crippen MR) is 227 cm³/mol. The van der Waals surface area contributed by atoms with Crippen LogP contribution in [0.3, 0.4) is 0 Å². The van der Waals surface area contributed by atoms with E-state index in [0.29, 0.717) is 59.7 Å². The number of aliphatic hydroxyl groups excluding tert-OH is 3. The lowest BCUT2D eigenvalue weighted by atomic mass is 9.82. The highest BCUT2D eigenvalue weighted by atomic mass is 35.5. The lowest BCUT2D eigenvalue weighted by molar-refractivity contribution is -0.123. The maximum Gasteiger partial charge on any atom is 0.410 e. The molecule has 3 fully saturated rings. The van der Waals surface area contributed by atoms with Crippen LogP contribution in [0.15, 0.2) is 72.8 Å². The van der Waals surface area contributed by atoms with Gasteiger partial charge in [-0.3, -0.25) is 4.90 Å². The highest BCUT2D eigenvalue weighted by Crippen LogP contribution is 2.36. The quantitative estimate of drug-likeness (QED) is 0.128. The Balaban J connectivity index is 0.000000224. The summed E-state index contributed by atoms with van der Waals surface area (Å²) in [7, 11) is 2.63. The fourth-order valence-electron chi connectivity index (χ4n) is 6.64. The van der Waals surface area contributed by atoms with Gasteiger partial charge in [0.2, 0.25) is 0 Å². The maximum atomic E-state index is 12.0. The molecule has 16 heteroatoms. The van der Waals surface area contributed by atoms with Crippen molar-refractivity contribution < 1.29 is 40.2 Å². The molecule has 3 heterocycles. The maximum absolute atomic E-state index is 12.0. The Morgan fingerprint density at radius 3 is 1.46 bits per heavy atom. The number of benzene rings is 3. The van der Waals surface area contributed by atoms with E-state index in [0.717, 1.165) is 24.0 Å². The van der Waals surface area contributed by atoms with Crippen molar-refractivity contribution in [3.05, 3.63) is 105 Å². The number of nitrogens with zero attached hydrogens (tertiary/aromatic N) is 2. The van der Waals surface area contributed by atoms with Gasteiger partial charge in [0.05, 0.1) is 18.8 Å².